The Labute approximate surface area is 237 Å². The Kier molecular flexibility index (Phi) is 7.07. The van der Waals surface area contributed by atoms with Gasteiger partial charge in [0, 0.05) is 39.1 Å². The van der Waals surface area contributed by atoms with Crippen molar-refractivity contribution in [2.24, 2.45) is 4.99 Å². The molecule has 196 valence electrons. The maximum absolute atomic E-state index is 13.1. The lowest BCUT2D eigenvalue weighted by Crippen LogP contribution is -2.36. The molecule has 0 bridgehead atoms. The second kappa shape index (κ2) is 10.8. The SMILES string of the molecule is CCOC(=O)C1=C(C)N=C2SC(=Cc3cn(Cc4ccccc4Cl)c4ccccc34)CN2C1c1ccccc1. The largest absolute Gasteiger partial charge is 0.463 e. The predicted molar refractivity (Wildman–Crippen MR) is 161 cm³/mol. The topological polar surface area (TPSA) is 46.8 Å². The molecule has 6 rings (SSSR count). The normalized spacial score (nSPS) is 18.0. The molecule has 2 aliphatic heterocycles. The third kappa shape index (κ3) is 4.90. The first kappa shape index (κ1) is 25.5. The third-order valence-corrected chi connectivity index (χ3v) is 8.46. The summed E-state index contributed by atoms with van der Waals surface area (Å²) in [6, 6.07) is 26.3. The summed E-state index contributed by atoms with van der Waals surface area (Å²) >= 11 is 8.15. The van der Waals surface area contributed by atoms with Crippen LogP contribution in [0.3, 0.4) is 0 Å². The van der Waals surface area contributed by atoms with Gasteiger partial charge in [-0.2, -0.15) is 0 Å². The van der Waals surface area contributed by atoms with E-state index >= 15 is 0 Å². The number of fused-ring (bicyclic) bond motifs is 2. The molecule has 1 unspecified atom stereocenters. The highest BCUT2D eigenvalue weighted by Gasteiger charge is 2.40. The van der Waals surface area contributed by atoms with E-state index in [0.29, 0.717) is 31.0 Å². The molecular weight excluding hydrogens is 526 g/mol. The maximum atomic E-state index is 13.1. The van der Waals surface area contributed by atoms with Crippen molar-refractivity contribution in [1.82, 2.24) is 9.47 Å². The molecule has 0 saturated carbocycles. The number of rotatable bonds is 6. The van der Waals surface area contributed by atoms with Crippen molar-refractivity contribution in [2.75, 3.05) is 13.2 Å². The average Bonchev–Trinajstić information content (AvgIpc) is 3.50. The van der Waals surface area contributed by atoms with Gasteiger partial charge in [-0.3, -0.25) is 0 Å². The molecule has 4 aromatic rings. The number of carbonyl (C=O) groups is 1. The number of para-hydroxylation sites is 1. The Balaban J connectivity index is 1.37. The summed E-state index contributed by atoms with van der Waals surface area (Å²) < 4.78 is 7.71. The molecule has 3 aromatic carbocycles. The Bertz CT molecular complexity index is 1650. The highest BCUT2D eigenvalue weighted by Crippen LogP contribution is 2.44. The quantitative estimate of drug-likeness (QED) is 0.230. The molecule has 1 atom stereocenters. The number of nitrogens with zero attached hydrogens (tertiary/aromatic N) is 3. The molecule has 0 spiro atoms. The number of amidine groups is 1. The third-order valence-electron chi connectivity index (χ3n) is 7.08. The van der Waals surface area contributed by atoms with Crippen LogP contribution >= 0.6 is 23.4 Å². The summed E-state index contributed by atoms with van der Waals surface area (Å²) in [6.07, 6.45) is 4.45. The Hall–Kier alpha value is -3.74. The first-order valence-corrected chi connectivity index (χ1v) is 14.2. The smallest absolute Gasteiger partial charge is 0.338 e. The van der Waals surface area contributed by atoms with Crippen LogP contribution in [0.15, 0.2) is 106 Å². The summed E-state index contributed by atoms with van der Waals surface area (Å²) in [5.41, 5.74) is 5.74. The van der Waals surface area contributed by atoms with E-state index in [-0.39, 0.29) is 12.0 Å². The summed E-state index contributed by atoms with van der Waals surface area (Å²) in [5, 5.41) is 2.86. The molecule has 7 heteroatoms. The fourth-order valence-electron chi connectivity index (χ4n) is 5.32. The van der Waals surface area contributed by atoms with Crippen LogP contribution in [0.1, 0.15) is 36.6 Å². The highest BCUT2D eigenvalue weighted by atomic mass is 35.5. The van der Waals surface area contributed by atoms with Gasteiger partial charge in [-0.25, -0.2) is 9.79 Å². The summed E-state index contributed by atoms with van der Waals surface area (Å²) in [4.78, 5) is 21.3. The van der Waals surface area contributed by atoms with Gasteiger partial charge in [0.15, 0.2) is 5.17 Å². The molecule has 1 aromatic heterocycles. The number of hydrogen-bond acceptors (Lipinski definition) is 5. The molecule has 0 aliphatic carbocycles. The van der Waals surface area contributed by atoms with E-state index in [0.717, 1.165) is 32.4 Å². The number of halogens is 1. The van der Waals surface area contributed by atoms with E-state index < -0.39 is 0 Å². The van der Waals surface area contributed by atoms with Crippen LogP contribution in [0.2, 0.25) is 5.02 Å². The zero-order valence-corrected chi connectivity index (χ0v) is 23.4. The van der Waals surface area contributed by atoms with Gasteiger partial charge >= 0.3 is 5.97 Å². The van der Waals surface area contributed by atoms with Crippen molar-refractivity contribution >= 4 is 51.5 Å². The number of carbonyl (C=O) groups excluding carboxylic acids is 1. The molecule has 39 heavy (non-hydrogen) atoms. The number of thioether (sulfide) groups is 1. The highest BCUT2D eigenvalue weighted by molar-refractivity contribution is 8.17. The predicted octanol–water partition coefficient (Wildman–Crippen LogP) is 7.68. The van der Waals surface area contributed by atoms with Crippen LogP contribution in [-0.2, 0) is 16.1 Å². The first-order chi connectivity index (χ1) is 19.0. The van der Waals surface area contributed by atoms with E-state index in [4.69, 9.17) is 21.3 Å². The number of hydrogen-bond donors (Lipinski definition) is 0. The van der Waals surface area contributed by atoms with Crippen LogP contribution in [-0.4, -0.2) is 33.8 Å². The standard InChI is InChI=1S/C32H28ClN3O2S/c1-3-38-31(37)29-21(2)34-32-36(30(29)22-11-5-4-6-12-22)20-25(39-32)17-24-19-35(28-16-10-8-14-26(24)28)18-23-13-7-9-15-27(23)33/h4-17,19,30H,3,18,20H2,1-2H3. The average molecular weight is 554 g/mol. The van der Waals surface area contributed by atoms with Gasteiger partial charge in [0.1, 0.15) is 0 Å². The monoisotopic (exact) mass is 553 g/mol. The van der Waals surface area contributed by atoms with Crippen LogP contribution in [0.25, 0.3) is 17.0 Å². The van der Waals surface area contributed by atoms with E-state index in [9.17, 15) is 4.79 Å². The van der Waals surface area contributed by atoms with E-state index in [1.807, 2.05) is 50.2 Å². The minimum Gasteiger partial charge on any atom is -0.463 e. The van der Waals surface area contributed by atoms with Gasteiger partial charge in [-0.05, 0) is 43.2 Å². The summed E-state index contributed by atoms with van der Waals surface area (Å²) in [5.74, 6) is -0.309. The van der Waals surface area contributed by atoms with Crippen molar-refractivity contribution in [3.63, 3.8) is 0 Å². The molecule has 1 fully saturated rings. The fourth-order valence-corrected chi connectivity index (χ4v) is 6.61. The molecule has 5 nitrogen and oxygen atoms in total. The van der Waals surface area contributed by atoms with Gasteiger partial charge in [0.05, 0.1) is 30.5 Å². The number of esters is 1. The van der Waals surface area contributed by atoms with E-state index in [1.165, 1.54) is 10.3 Å². The lowest BCUT2D eigenvalue weighted by atomic mass is 9.94. The summed E-state index contributed by atoms with van der Waals surface area (Å²) in [7, 11) is 0. The maximum Gasteiger partial charge on any atom is 0.338 e. The number of ether oxygens (including phenoxy) is 1. The second-order valence-electron chi connectivity index (χ2n) is 9.59. The van der Waals surface area contributed by atoms with E-state index in [2.05, 4.69) is 64.2 Å². The van der Waals surface area contributed by atoms with Crippen LogP contribution in [0.4, 0.5) is 0 Å². The van der Waals surface area contributed by atoms with Crippen molar-refractivity contribution in [1.29, 1.82) is 0 Å². The number of aliphatic imine (C=N–C) groups is 1. The van der Waals surface area contributed by atoms with Crippen molar-refractivity contribution in [2.45, 2.75) is 26.4 Å². The molecule has 3 heterocycles. The zero-order valence-electron chi connectivity index (χ0n) is 21.8. The minimum absolute atomic E-state index is 0.252. The lowest BCUT2D eigenvalue weighted by Gasteiger charge is -2.34. The van der Waals surface area contributed by atoms with Crippen molar-refractivity contribution in [3.05, 3.63) is 123 Å². The van der Waals surface area contributed by atoms with Gasteiger partial charge in [-0.15, -0.1) is 0 Å². The number of benzene rings is 3. The van der Waals surface area contributed by atoms with Gasteiger partial charge in [-0.1, -0.05) is 90.1 Å². The van der Waals surface area contributed by atoms with Crippen LogP contribution in [0.5, 0.6) is 0 Å². The summed E-state index contributed by atoms with van der Waals surface area (Å²) in [6.45, 7) is 5.40. The molecule has 0 radical (unpaired) electrons. The molecule has 1 saturated heterocycles. The van der Waals surface area contributed by atoms with Crippen LogP contribution < -0.4 is 0 Å². The van der Waals surface area contributed by atoms with Crippen molar-refractivity contribution < 1.29 is 9.53 Å². The Morgan fingerprint density at radius 1 is 1.08 bits per heavy atom. The van der Waals surface area contributed by atoms with Gasteiger partial charge in [0.2, 0.25) is 0 Å². The first-order valence-electron chi connectivity index (χ1n) is 13.0. The molecular formula is C32H28ClN3O2S. The Morgan fingerprint density at radius 2 is 1.82 bits per heavy atom. The van der Waals surface area contributed by atoms with Crippen LogP contribution in [0, 0.1) is 0 Å². The molecule has 0 amide bonds. The molecule has 2 aliphatic rings. The lowest BCUT2D eigenvalue weighted by molar-refractivity contribution is -0.139. The van der Waals surface area contributed by atoms with E-state index in [1.54, 1.807) is 11.8 Å². The Morgan fingerprint density at radius 3 is 2.62 bits per heavy atom. The number of aromatic nitrogens is 1. The van der Waals surface area contributed by atoms with Crippen molar-refractivity contribution in [3.8, 4) is 0 Å². The molecule has 0 N–H and O–H groups in total. The number of allylic oxidation sites excluding steroid dienone is 1. The van der Waals surface area contributed by atoms with Gasteiger partial charge in [0.25, 0.3) is 0 Å². The fraction of sp³-hybridized carbons (Fsp3) is 0.188. The zero-order chi connectivity index (χ0) is 26.9. The second-order valence-corrected chi connectivity index (χ2v) is 11.1. The van der Waals surface area contributed by atoms with Gasteiger partial charge < -0.3 is 14.2 Å². The minimum atomic E-state index is -0.309.